The predicted molar refractivity (Wildman–Crippen MR) is 124 cm³/mol. The number of aromatic nitrogens is 2. The number of ether oxygens (including phenoxy) is 1. The van der Waals surface area contributed by atoms with Crippen LogP contribution in [0, 0.1) is 13.8 Å². The summed E-state index contributed by atoms with van der Waals surface area (Å²) in [5.74, 6) is 1.51. The molecule has 3 aromatic carbocycles. The summed E-state index contributed by atoms with van der Waals surface area (Å²) in [7, 11) is 1.65. The molecular formula is C25H24N2O2S. The zero-order valence-electron chi connectivity index (χ0n) is 17.4. The highest BCUT2D eigenvalue weighted by molar-refractivity contribution is 7.98. The Labute approximate surface area is 180 Å². The summed E-state index contributed by atoms with van der Waals surface area (Å²) in [5.41, 5.74) is 5.41. The molecule has 0 saturated carbocycles. The van der Waals surface area contributed by atoms with Gasteiger partial charge in [-0.05, 0) is 48.7 Å². The molecule has 0 bridgehead atoms. The summed E-state index contributed by atoms with van der Waals surface area (Å²) in [6, 6.07) is 21.8. The molecule has 1 aromatic heterocycles. The topological polar surface area (TPSA) is 44.1 Å². The number of rotatable bonds is 6. The molecule has 0 N–H and O–H groups in total. The first kappa shape index (κ1) is 20.2. The average molecular weight is 417 g/mol. The van der Waals surface area contributed by atoms with Gasteiger partial charge in [0, 0.05) is 11.3 Å². The highest BCUT2D eigenvalue weighted by Gasteiger charge is 2.14. The normalized spacial score (nSPS) is 11.0. The molecule has 0 amide bonds. The Kier molecular flexibility index (Phi) is 5.91. The second-order valence-electron chi connectivity index (χ2n) is 7.32. The van der Waals surface area contributed by atoms with Crippen LogP contribution in [0.3, 0.4) is 0 Å². The first-order valence-electron chi connectivity index (χ1n) is 9.87. The van der Waals surface area contributed by atoms with Crippen LogP contribution < -0.4 is 10.3 Å². The maximum Gasteiger partial charge on any atom is 0.262 e. The third kappa shape index (κ3) is 4.12. The van der Waals surface area contributed by atoms with Crippen LogP contribution in [0.25, 0.3) is 10.9 Å². The molecule has 0 unspecified atom stereocenters. The third-order valence-corrected chi connectivity index (χ3v) is 6.33. The van der Waals surface area contributed by atoms with Crippen LogP contribution in [0.1, 0.15) is 22.3 Å². The molecule has 0 aliphatic rings. The van der Waals surface area contributed by atoms with E-state index in [-0.39, 0.29) is 5.56 Å². The fraction of sp³-hybridized carbons (Fsp3) is 0.200. The van der Waals surface area contributed by atoms with E-state index in [1.807, 2.05) is 48.5 Å². The van der Waals surface area contributed by atoms with Crippen LogP contribution in [-0.2, 0) is 12.3 Å². The van der Waals surface area contributed by atoms with E-state index in [2.05, 4.69) is 32.0 Å². The number of thioether (sulfide) groups is 1. The smallest absolute Gasteiger partial charge is 0.262 e. The highest BCUT2D eigenvalue weighted by atomic mass is 32.2. The zero-order chi connectivity index (χ0) is 21.1. The van der Waals surface area contributed by atoms with Gasteiger partial charge >= 0.3 is 0 Å². The number of benzene rings is 3. The van der Waals surface area contributed by atoms with E-state index in [0.29, 0.717) is 17.1 Å². The van der Waals surface area contributed by atoms with Crippen molar-refractivity contribution < 1.29 is 4.74 Å². The molecule has 0 aliphatic carbocycles. The number of hydrogen-bond acceptors (Lipinski definition) is 4. The predicted octanol–water partition coefficient (Wildman–Crippen LogP) is 5.36. The van der Waals surface area contributed by atoms with Gasteiger partial charge in [0.15, 0.2) is 5.16 Å². The molecule has 4 aromatic rings. The molecule has 4 nitrogen and oxygen atoms in total. The summed E-state index contributed by atoms with van der Waals surface area (Å²) < 4.78 is 7.25. The van der Waals surface area contributed by atoms with Crippen LogP contribution in [0.15, 0.2) is 76.7 Å². The quantitative estimate of drug-likeness (QED) is 0.313. The van der Waals surface area contributed by atoms with Crippen molar-refractivity contribution >= 4 is 22.7 Å². The zero-order valence-corrected chi connectivity index (χ0v) is 18.2. The number of aryl methyl sites for hydroxylation is 2. The van der Waals surface area contributed by atoms with Gasteiger partial charge in [0.25, 0.3) is 5.56 Å². The highest BCUT2D eigenvalue weighted by Crippen LogP contribution is 2.25. The van der Waals surface area contributed by atoms with Gasteiger partial charge in [0.05, 0.1) is 24.6 Å². The SMILES string of the molecule is COc1ccccc1Cn1c(SCc2ccc(C)c(C)c2)nc2ccccc2c1=O. The summed E-state index contributed by atoms with van der Waals surface area (Å²) >= 11 is 1.59. The fourth-order valence-electron chi connectivity index (χ4n) is 3.44. The van der Waals surface area contributed by atoms with Gasteiger partial charge < -0.3 is 4.74 Å². The molecule has 30 heavy (non-hydrogen) atoms. The number of hydrogen-bond donors (Lipinski definition) is 0. The minimum absolute atomic E-state index is 0.0332. The van der Waals surface area contributed by atoms with Crippen molar-refractivity contribution in [3.63, 3.8) is 0 Å². The van der Waals surface area contributed by atoms with Crippen molar-refractivity contribution in [2.75, 3.05) is 7.11 Å². The van der Waals surface area contributed by atoms with Crippen molar-refractivity contribution in [2.45, 2.75) is 31.3 Å². The second kappa shape index (κ2) is 8.76. The Hall–Kier alpha value is -3.05. The number of para-hydroxylation sites is 2. The third-order valence-electron chi connectivity index (χ3n) is 5.29. The molecule has 152 valence electrons. The van der Waals surface area contributed by atoms with Crippen LogP contribution in [0.2, 0.25) is 0 Å². The lowest BCUT2D eigenvalue weighted by atomic mass is 10.1. The van der Waals surface area contributed by atoms with E-state index < -0.39 is 0 Å². The van der Waals surface area contributed by atoms with E-state index in [1.54, 1.807) is 23.4 Å². The Morgan fingerprint density at radius 3 is 2.53 bits per heavy atom. The molecule has 0 fully saturated rings. The van der Waals surface area contributed by atoms with Gasteiger partial charge in [-0.3, -0.25) is 9.36 Å². The molecule has 0 aliphatic heterocycles. The van der Waals surface area contributed by atoms with Crippen molar-refractivity contribution in [1.82, 2.24) is 9.55 Å². The lowest BCUT2D eigenvalue weighted by Gasteiger charge is -2.15. The van der Waals surface area contributed by atoms with E-state index >= 15 is 0 Å². The van der Waals surface area contributed by atoms with Crippen LogP contribution in [0.5, 0.6) is 5.75 Å². The van der Waals surface area contributed by atoms with Crippen molar-refractivity contribution in [2.24, 2.45) is 0 Å². The molecule has 0 saturated heterocycles. The standard InChI is InChI=1S/C25H24N2O2S/c1-17-12-13-19(14-18(17)2)16-30-25-26-22-10-6-5-9-21(22)24(28)27(25)15-20-8-4-7-11-23(20)29-3/h4-14H,15-16H2,1-3H3. The molecule has 0 spiro atoms. The second-order valence-corrected chi connectivity index (χ2v) is 8.26. The van der Waals surface area contributed by atoms with Crippen molar-refractivity contribution in [3.8, 4) is 5.75 Å². The first-order valence-corrected chi connectivity index (χ1v) is 10.9. The number of nitrogens with zero attached hydrogens (tertiary/aromatic N) is 2. The molecule has 5 heteroatoms. The Morgan fingerprint density at radius 2 is 1.73 bits per heavy atom. The lowest BCUT2D eigenvalue weighted by Crippen LogP contribution is -2.24. The summed E-state index contributed by atoms with van der Waals surface area (Å²) in [6.45, 7) is 4.65. The van der Waals surface area contributed by atoms with Gasteiger partial charge in [-0.2, -0.15) is 0 Å². The summed E-state index contributed by atoms with van der Waals surface area (Å²) in [6.07, 6.45) is 0. The Morgan fingerprint density at radius 1 is 0.967 bits per heavy atom. The van der Waals surface area contributed by atoms with E-state index in [9.17, 15) is 4.79 Å². The Balaban J connectivity index is 1.75. The van der Waals surface area contributed by atoms with Crippen molar-refractivity contribution in [3.05, 3.63) is 99.3 Å². The minimum Gasteiger partial charge on any atom is -0.496 e. The lowest BCUT2D eigenvalue weighted by molar-refractivity contribution is 0.407. The van der Waals surface area contributed by atoms with E-state index in [0.717, 1.165) is 22.6 Å². The van der Waals surface area contributed by atoms with Gasteiger partial charge in [0.1, 0.15) is 5.75 Å². The fourth-order valence-corrected chi connectivity index (χ4v) is 4.38. The van der Waals surface area contributed by atoms with Gasteiger partial charge in [-0.1, -0.05) is 60.3 Å². The maximum atomic E-state index is 13.3. The monoisotopic (exact) mass is 416 g/mol. The molecular weight excluding hydrogens is 392 g/mol. The summed E-state index contributed by atoms with van der Waals surface area (Å²) in [4.78, 5) is 18.2. The van der Waals surface area contributed by atoms with Crippen LogP contribution in [0.4, 0.5) is 0 Å². The van der Waals surface area contributed by atoms with E-state index in [1.165, 1.54) is 16.7 Å². The average Bonchev–Trinajstić information content (AvgIpc) is 2.77. The molecule has 4 rings (SSSR count). The maximum absolute atomic E-state index is 13.3. The molecule has 1 heterocycles. The Bertz CT molecular complexity index is 1260. The van der Waals surface area contributed by atoms with Gasteiger partial charge in [0.2, 0.25) is 0 Å². The van der Waals surface area contributed by atoms with Crippen LogP contribution in [-0.4, -0.2) is 16.7 Å². The molecule has 0 atom stereocenters. The largest absolute Gasteiger partial charge is 0.496 e. The van der Waals surface area contributed by atoms with Gasteiger partial charge in [-0.25, -0.2) is 4.98 Å². The number of methoxy groups -OCH3 is 1. The minimum atomic E-state index is -0.0332. The van der Waals surface area contributed by atoms with Crippen molar-refractivity contribution in [1.29, 1.82) is 0 Å². The van der Waals surface area contributed by atoms with E-state index in [4.69, 9.17) is 9.72 Å². The van der Waals surface area contributed by atoms with Crippen LogP contribution >= 0.6 is 11.8 Å². The molecule has 0 radical (unpaired) electrons. The number of fused-ring (bicyclic) bond motifs is 1. The first-order chi connectivity index (χ1) is 14.6. The summed E-state index contributed by atoms with van der Waals surface area (Å²) in [5, 5.41) is 1.34. The van der Waals surface area contributed by atoms with Gasteiger partial charge in [-0.15, -0.1) is 0 Å².